The molecule has 5 heteroatoms. The Morgan fingerprint density at radius 1 is 0.867 bits per heavy atom. The third-order valence-electron chi connectivity index (χ3n) is 4.78. The Morgan fingerprint density at radius 2 is 1.50 bits per heavy atom. The lowest BCUT2D eigenvalue weighted by atomic mass is 9.98. The van der Waals surface area contributed by atoms with Gasteiger partial charge in [-0.05, 0) is 36.8 Å². The largest absolute Gasteiger partial charge is 0.497 e. The fourth-order valence-corrected chi connectivity index (χ4v) is 3.39. The van der Waals surface area contributed by atoms with E-state index in [1.54, 1.807) is 18.7 Å². The number of nitrogens with zero attached hydrogens (tertiary/aromatic N) is 2. The van der Waals surface area contributed by atoms with Gasteiger partial charge in [-0.25, -0.2) is 9.48 Å². The van der Waals surface area contributed by atoms with Crippen LogP contribution >= 0.6 is 0 Å². The minimum atomic E-state index is -0.415. The predicted octanol–water partition coefficient (Wildman–Crippen LogP) is 5.39. The molecule has 0 spiro atoms. The highest BCUT2D eigenvalue weighted by Gasteiger charge is 2.27. The van der Waals surface area contributed by atoms with Crippen molar-refractivity contribution in [1.29, 1.82) is 0 Å². The molecule has 30 heavy (non-hydrogen) atoms. The topological polar surface area (TPSA) is 53.4 Å². The molecule has 3 aromatic carbocycles. The molecule has 0 aliphatic rings. The second-order valence-electron chi connectivity index (χ2n) is 6.63. The number of methoxy groups -OCH3 is 1. The first-order valence-electron chi connectivity index (χ1n) is 9.78. The molecule has 1 aromatic heterocycles. The second kappa shape index (κ2) is 8.66. The van der Waals surface area contributed by atoms with Crippen molar-refractivity contribution in [3.05, 3.63) is 90.6 Å². The van der Waals surface area contributed by atoms with E-state index in [4.69, 9.17) is 14.6 Å². The van der Waals surface area contributed by atoms with Gasteiger partial charge in [-0.15, -0.1) is 0 Å². The molecule has 150 valence electrons. The Hall–Kier alpha value is -3.86. The van der Waals surface area contributed by atoms with Gasteiger partial charge in [-0.1, -0.05) is 60.7 Å². The van der Waals surface area contributed by atoms with Gasteiger partial charge in [0.1, 0.15) is 11.4 Å². The van der Waals surface area contributed by atoms with E-state index < -0.39 is 5.97 Å². The van der Waals surface area contributed by atoms with E-state index in [1.165, 1.54) is 0 Å². The van der Waals surface area contributed by atoms with Crippen molar-refractivity contribution in [3.8, 4) is 33.8 Å². The Morgan fingerprint density at radius 3 is 2.10 bits per heavy atom. The number of carbonyl (C=O) groups is 1. The molecule has 0 bridgehead atoms. The monoisotopic (exact) mass is 398 g/mol. The highest BCUT2D eigenvalue weighted by Crippen LogP contribution is 2.37. The zero-order valence-corrected chi connectivity index (χ0v) is 16.9. The number of aromatic nitrogens is 2. The van der Waals surface area contributed by atoms with Gasteiger partial charge in [0.15, 0.2) is 5.69 Å². The van der Waals surface area contributed by atoms with Crippen LogP contribution in [0.2, 0.25) is 0 Å². The van der Waals surface area contributed by atoms with Crippen LogP contribution in [-0.4, -0.2) is 29.5 Å². The van der Waals surface area contributed by atoms with Crippen LogP contribution in [0.15, 0.2) is 84.9 Å². The van der Waals surface area contributed by atoms with Crippen molar-refractivity contribution in [2.45, 2.75) is 6.92 Å². The molecule has 5 nitrogen and oxygen atoms in total. The maximum atomic E-state index is 13.1. The van der Waals surface area contributed by atoms with E-state index in [0.717, 1.165) is 28.1 Å². The quantitative estimate of drug-likeness (QED) is 0.409. The minimum absolute atomic E-state index is 0.279. The molecular weight excluding hydrogens is 376 g/mol. The van der Waals surface area contributed by atoms with Gasteiger partial charge in [0, 0.05) is 11.1 Å². The maximum Gasteiger partial charge on any atom is 0.357 e. The standard InChI is InChI=1S/C25H22N2O3/c1-3-30-25(28)24-22(18-14-16-21(29-2)17-15-18)23(19-10-6-4-7-11-19)26-27(24)20-12-8-5-9-13-20/h4-17H,3H2,1-2H3. The maximum absolute atomic E-state index is 13.1. The molecule has 0 amide bonds. The number of carbonyl (C=O) groups excluding carboxylic acids is 1. The van der Waals surface area contributed by atoms with Crippen molar-refractivity contribution < 1.29 is 14.3 Å². The lowest BCUT2D eigenvalue weighted by Gasteiger charge is -2.10. The molecule has 1 heterocycles. The van der Waals surface area contributed by atoms with Crippen molar-refractivity contribution in [2.24, 2.45) is 0 Å². The minimum Gasteiger partial charge on any atom is -0.497 e. The first-order valence-corrected chi connectivity index (χ1v) is 9.78. The molecular formula is C25H22N2O3. The van der Waals surface area contributed by atoms with Crippen LogP contribution in [0.5, 0.6) is 5.75 Å². The molecule has 4 rings (SSSR count). The zero-order chi connectivity index (χ0) is 20.9. The Kier molecular flexibility index (Phi) is 5.61. The molecule has 0 fully saturated rings. The summed E-state index contributed by atoms with van der Waals surface area (Å²) in [5, 5.41) is 4.86. The number of para-hydroxylation sites is 1. The van der Waals surface area contributed by atoms with Gasteiger partial charge >= 0.3 is 5.97 Å². The third kappa shape index (κ3) is 3.70. The van der Waals surface area contributed by atoms with Crippen LogP contribution in [0.4, 0.5) is 0 Å². The molecule has 0 aliphatic heterocycles. The summed E-state index contributed by atoms with van der Waals surface area (Å²) in [5.74, 6) is 0.329. The fourth-order valence-electron chi connectivity index (χ4n) is 3.39. The van der Waals surface area contributed by atoms with Crippen LogP contribution in [0, 0.1) is 0 Å². The van der Waals surface area contributed by atoms with E-state index in [9.17, 15) is 4.79 Å². The number of esters is 1. The molecule has 0 atom stereocenters. The number of ether oxygens (including phenoxy) is 2. The smallest absolute Gasteiger partial charge is 0.357 e. The van der Waals surface area contributed by atoms with Gasteiger partial charge in [0.05, 0.1) is 19.4 Å². The fraction of sp³-hybridized carbons (Fsp3) is 0.120. The first-order chi connectivity index (χ1) is 14.7. The summed E-state index contributed by atoms with van der Waals surface area (Å²) in [4.78, 5) is 13.1. The highest BCUT2D eigenvalue weighted by molar-refractivity contribution is 6.01. The molecule has 0 unspecified atom stereocenters. The summed E-state index contributed by atoms with van der Waals surface area (Å²) in [7, 11) is 1.63. The second-order valence-corrected chi connectivity index (χ2v) is 6.63. The summed E-state index contributed by atoms with van der Waals surface area (Å²) in [5.41, 5.74) is 4.41. The molecule has 0 saturated carbocycles. The zero-order valence-electron chi connectivity index (χ0n) is 16.9. The van der Waals surface area contributed by atoms with Crippen LogP contribution in [0.3, 0.4) is 0 Å². The summed E-state index contributed by atoms with van der Waals surface area (Å²) >= 11 is 0. The Balaban J connectivity index is 2.03. The average molecular weight is 398 g/mol. The normalized spacial score (nSPS) is 10.6. The SMILES string of the molecule is CCOC(=O)c1c(-c2ccc(OC)cc2)c(-c2ccccc2)nn1-c1ccccc1. The molecule has 0 N–H and O–H groups in total. The summed E-state index contributed by atoms with van der Waals surface area (Å²) < 4.78 is 12.4. The molecule has 0 aliphatic carbocycles. The van der Waals surface area contributed by atoms with Crippen molar-refractivity contribution in [1.82, 2.24) is 9.78 Å². The van der Waals surface area contributed by atoms with Crippen molar-refractivity contribution >= 4 is 5.97 Å². The lowest BCUT2D eigenvalue weighted by Crippen LogP contribution is -2.13. The van der Waals surface area contributed by atoms with E-state index >= 15 is 0 Å². The van der Waals surface area contributed by atoms with Crippen LogP contribution < -0.4 is 4.74 Å². The third-order valence-corrected chi connectivity index (χ3v) is 4.78. The van der Waals surface area contributed by atoms with E-state index in [2.05, 4.69) is 0 Å². The van der Waals surface area contributed by atoms with Gasteiger partial charge < -0.3 is 9.47 Å². The van der Waals surface area contributed by atoms with E-state index in [1.807, 2.05) is 84.9 Å². The molecule has 0 saturated heterocycles. The number of hydrogen-bond donors (Lipinski definition) is 0. The summed E-state index contributed by atoms with van der Waals surface area (Å²) in [6.45, 7) is 2.08. The number of benzene rings is 3. The Bertz CT molecular complexity index is 1130. The van der Waals surface area contributed by atoms with Crippen LogP contribution in [0.1, 0.15) is 17.4 Å². The highest BCUT2D eigenvalue weighted by atomic mass is 16.5. The average Bonchev–Trinajstić information content (AvgIpc) is 3.21. The molecule has 0 radical (unpaired) electrons. The predicted molar refractivity (Wildman–Crippen MR) is 117 cm³/mol. The van der Waals surface area contributed by atoms with E-state index in [0.29, 0.717) is 11.4 Å². The number of rotatable bonds is 6. The summed E-state index contributed by atoms with van der Waals surface area (Å²) in [6.07, 6.45) is 0. The van der Waals surface area contributed by atoms with Crippen LogP contribution in [-0.2, 0) is 4.74 Å². The van der Waals surface area contributed by atoms with Gasteiger partial charge in [-0.2, -0.15) is 5.10 Å². The Labute approximate surface area is 175 Å². The van der Waals surface area contributed by atoms with E-state index in [-0.39, 0.29) is 6.61 Å². The van der Waals surface area contributed by atoms with Crippen LogP contribution in [0.25, 0.3) is 28.1 Å². The van der Waals surface area contributed by atoms with Crippen molar-refractivity contribution in [2.75, 3.05) is 13.7 Å². The number of hydrogen-bond acceptors (Lipinski definition) is 4. The summed E-state index contributed by atoms with van der Waals surface area (Å²) in [6, 6.07) is 27.1. The van der Waals surface area contributed by atoms with Gasteiger partial charge in [0.25, 0.3) is 0 Å². The molecule has 4 aromatic rings. The van der Waals surface area contributed by atoms with Crippen molar-refractivity contribution in [3.63, 3.8) is 0 Å². The lowest BCUT2D eigenvalue weighted by molar-refractivity contribution is 0.0516. The van der Waals surface area contributed by atoms with Gasteiger partial charge in [-0.3, -0.25) is 0 Å². The van der Waals surface area contributed by atoms with Gasteiger partial charge in [0.2, 0.25) is 0 Å². The first kappa shape index (κ1) is 19.5.